The van der Waals surface area contributed by atoms with E-state index in [9.17, 15) is 23.1 Å². The van der Waals surface area contributed by atoms with Crippen molar-refractivity contribution in [3.05, 3.63) is 41.7 Å². The van der Waals surface area contributed by atoms with Crippen LogP contribution in [0.4, 0.5) is 24.8 Å². The number of fused-ring (bicyclic) bond motifs is 1. The standard InChI is InChI=1S/C22H25F3N6O2/c1-2-12(10-32)30-21-17-15(9-26-20(17)27-11-28-21)18(33)14-3-4-16(31-19(14)23)29-13-5-7-22(24,25)8-6-13/h3-4,9,11-13,32H,2,5-8,10H2,1H3,(H,29,31)(H2,26,27,28,30)/t12-/m1/s1. The first-order valence-corrected chi connectivity index (χ1v) is 10.9. The molecule has 4 rings (SSSR count). The molecule has 3 aromatic rings. The zero-order valence-electron chi connectivity index (χ0n) is 18.0. The highest BCUT2D eigenvalue weighted by Gasteiger charge is 2.35. The van der Waals surface area contributed by atoms with E-state index < -0.39 is 17.7 Å². The minimum absolute atomic E-state index is 0.124. The van der Waals surface area contributed by atoms with Gasteiger partial charge in [0.2, 0.25) is 11.9 Å². The molecule has 8 nitrogen and oxygen atoms in total. The number of ketones is 1. The van der Waals surface area contributed by atoms with Crippen LogP contribution >= 0.6 is 0 Å². The quantitative estimate of drug-likeness (QED) is 0.296. The number of aliphatic hydroxyl groups excluding tert-OH is 1. The van der Waals surface area contributed by atoms with Crippen molar-refractivity contribution in [2.75, 3.05) is 17.2 Å². The SMILES string of the molecule is CC[C@H](CO)Nc1ncnc2[nH]cc(C(=O)c3ccc(NC4CCC(F)(F)CC4)nc3F)c12. The molecular weight excluding hydrogens is 437 g/mol. The maximum Gasteiger partial charge on any atom is 0.248 e. The number of hydrogen-bond acceptors (Lipinski definition) is 7. The van der Waals surface area contributed by atoms with Crippen LogP contribution in [0.5, 0.6) is 0 Å². The van der Waals surface area contributed by atoms with E-state index in [1.54, 1.807) is 0 Å². The van der Waals surface area contributed by atoms with E-state index in [4.69, 9.17) is 0 Å². The van der Waals surface area contributed by atoms with Crippen LogP contribution in [0.15, 0.2) is 24.7 Å². The van der Waals surface area contributed by atoms with Crippen molar-refractivity contribution in [3.63, 3.8) is 0 Å². The summed E-state index contributed by atoms with van der Waals surface area (Å²) in [4.78, 5) is 28.2. The van der Waals surface area contributed by atoms with Crippen molar-refractivity contribution in [3.8, 4) is 0 Å². The summed E-state index contributed by atoms with van der Waals surface area (Å²) in [5, 5.41) is 15.9. The smallest absolute Gasteiger partial charge is 0.248 e. The Morgan fingerprint density at radius 3 is 2.70 bits per heavy atom. The largest absolute Gasteiger partial charge is 0.394 e. The van der Waals surface area contributed by atoms with E-state index in [2.05, 4.69) is 30.6 Å². The Labute approximate surface area is 188 Å². The van der Waals surface area contributed by atoms with Gasteiger partial charge in [-0.2, -0.15) is 4.39 Å². The topological polar surface area (TPSA) is 116 Å². The van der Waals surface area contributed by atoms with Gasteiger partial charge < -0.3 is 20.7 Å². The lowest BCUT2D eigenvalue weighted by Gasteiger charge is -2.29. The molecule has 0 saturated heterocycles. The molecule has 3 heterocycles. The van der Waals surface area contributed by atoms with Crippen LogP contribution in [0.3, 0.4) is 0 Å². The van der Waals surface area contributed by atoms with Crippen LogP contribution in [0.1, 0.15) is 54.9 Å². The average molecular weight is 462 g/mol. The molecule has 0 aromatic carbocycles. The lowest BCUT2D eigenvalue weighted by molar-refractivity contribution is -0.0361. The number of aromatic nitrogens is 4. The second-order valence-electron chi connectivity index (χ2n) is 8.22. The Morgan fingerprint density at radius 2 is 2.03 bits per heavy atom. The highest BCUT2D eigenvalue weighted by atomic mass is 19.3. The lowest BCUT2D eigenvalue weighted by atomic mass is 9.92. The Kier molecular flexibility index (Phi) is 6.50. The predicted octanol–water partition coefficient (Wildman–Crippen LogP) is 3.90. The summed E-state index contributed by atoms with van der Waals surface area (Å²) in [5.41, 5.74) is 0.321. The van der Waals surface area contributed by atoms with Gasteiger partial charge in [-0.3, -0.25) is 4.79 Å². The highest BCUT2D eigenvalue weighted by Crippen LogP contribution is 2.34. The van der Waals surface area contributed by atoms with Gasteiger partial charge in [0.25, 0.3) is 0 Å². The second kappa shape index (κ2) is 9.34. The number of rotatable bonds is 8. The molecule has 3 aromatic heterocycles. The maximum absolute atomic E-state index is 14.8. The molecule has 1 fully saturated rings. The number of pyridine rings is 1. The van der Waals surface area contributed by atoms with E-state index in [1.807, 2.05) is 6.92 Å². The Hall–Kier alpha value is -3.21. The van der Waals surface area contributed by atoms with Gasteiger partial charge in [0.05, 0.1) is 29.2 Å². The normalized spacial score (nSPS) is 17.1. The number of carbonyl (C=O) groups excluding carboxylic acids is 1. The van der Waals surface area contributed by atoms with Crippen LogP contribution in [0.2, 0.25) is 0 Å². The molecule has 0 bridgehead atoms. The Bertz CT molecular complexity index is 1140. The van der Waals surface area contributed by atoms with Crippen LogP contribution in [0, 0.1) is 5.95 Å². The molecule has 11 heteroatoms. The Balaban J connectivity index is 1.57. The minimum atomic E-state index is -2.65. The van der Waals surface area contributed by atoms with E-state index >= 15 is 0 Å². The summed E-state index contributed by atoms with van der Waals surface area (Å²) in [6, 6.07) is 2.29. The molecule has 176 valence electrons. The molecule has 0 aliphatic heterocycles. The summed E-state index contributed by atoms with van der Waals surface area (Å²) in [5.74, 6) is -3.68. The van der Waals surface area contributed by atoms with Gasteiger partial charge in [0, 0.05) is 25.1 Å². The number of hydrogen-bond donors (Lipinski definition) is 4. The van der Waals surface area contributed by atoms with Gasteiger partial charge in [-0.1, -0.05) is 6.92 Å². The first-order chi connectivity index (χ1) is 15.8. The van der Waals surface area contributed by atoms with Gasteiger partial charge in [-0.15, -0.1) is 0 Å². The molecule has 0 unspecified atom stereocenters. The first-order valence-electron chi connectivity index (χ1n) is 10.9. The monoisotopic (exact) mass is 462 g/mol. The third-order valence-electron chi connectivity index (χ3n) is 5.93. The molecule has 4 N–H and O–H groups in total. The number of nitrogens with one attached hydrogen (secondary N) is 3. The number of aliphatic hydroxyl groups is 1. The van der Waals surface area contributed by atoms with Gasteiger partial charge in [0.15, 0.2) is 5.78 Å². The van der Waals surface area contributed by atoms with Gasteiger partial charge in [-0.25, -0.2) is 23.7 Å². The second-order valence-corrected chi connectivity index (χ2v) is 8.22. The van der Waals surface area contributed by atoms with E-state index in [0.29, 0.717) is 23.3 Å². The van der Waals surface area contributed by atoms with E-state index in [1.165, 1.54) is 24.7 Å². The maximum atomic E-state index is 14.8. The number of nitrogens with zero attached hydrogens (tertiary/aromatic N) is 3. The van der Waals surface area contributed by atoms with Crippen molar-refractivity contribution in [2.24, 2.45) is 0 Å². The third-order valence-corrected chi connectivity index (χ3v) is 5.93. The van der Waals surface area contributed by atoms with E-state index in [-0.39, 0.29) is 61.3 Å². The molecule has 0 radical (unpaired) electrons. The van der Waals surface area contributed by atoms with Gasteiger partial charge in [-0.05, 0) is 31.4 Å². The summed E-state index contributed by atoms with van der Waals surface area (Å²) in [6.45, 7) is 1.77. The Morgan fingerprint density at radius 1 is 1.27 bits per heavy atom. The summed E-state index contributed by atoms with van der Waals surface area (Å²) in [6.07, 6.45) is 3.45. The molecule has 1 saturated carbocycles. The van der Waals surface area contributed by atoms with Gasteiger partial charge >= 0.3 is 0 Å². The number of anilines is 2. The highest BCUT2D eigenvalue weighted by molar-refractivity contribution is 6.18. The molecule has 0 amide bonds. The fourth-order valence-corrected chi connectivity index (χ4v) is 3.94. The van der Waals surface area contributed by atoms with Gasteiger partial charge in [0.1, 0.15) is 23.6 Å². The fraction of sp³-hybridized carbons (Fsp3) is 0.455. The number of H-pyrrole nitrogens is 1. The van der Waals surface area contributed by atoms with Crippen molar-refractivity contribution < 1.29 is 23.1 Å². The molecular formula is C22H25F3N6O2. The average Bonchev–Trinajstić information content (AvgIpc) is 3.23. The summed E-state index contributed by atoms with van der Waals surface area (Å²) < 4.78 is 41.5. The van der Waals surface area contributed by atoms with Crippen LogP contribution in [0.25, 0.3) is 11.0 Å². The van der Waals surface area contributed by atoms with Crippen LogP contribution in [-0.4, -0.2) is 55.4 Å². The van der Waals surface area contributed by atoms with E-state index in [0.717, 1.165) is 0 Å². The van der Waals surface area contributed by atoms with Crippen molar-refractivity contribution in [2.45, 2.75) is 57.0 Å². The summed E-state index contributed by atoms with van der Waals surface area (Å²) in [7, 11) is 0. The van der Waals surface area contributed by atoms with Crippen molar-refractivity contribution in [1.82, 2.24) is 19.9 Å². The minimum Gasteiger partial charge on any atom is -0.394 e. The lowest BCUT2D eigenvalue weighted by Crippen LogP contribution is -2.32. The molecule has 1 aliphatic rings. The zero-order valence-corrected chi connectivity index (χ0v) is 18.0. The molecule has 1 aliphatic carbocycles. The summed E-state index contributed by atoms with van der Waals surface area (Å²) >= 11 is 0. The van der Waals surface area contributed by atoms with Crippen molar-refractivity contribution >= 4 is 28.5 Å². The molecule has 33 heavy (non-hydrogen) atoms. The number of halogens is 3. The molecule has 0 spiro atoms. The van der Waals surface area contributed by atoms with Crippen molar-refractivity contribution in [1.29, 1.82) is 0 Å². The first kappa shape index (κ1) is 23.0. The zero-order chi connectivity index (χ0) is 23.6. The van der Waals surface area contributed by atoms with Crippen LogP contribution < -0.4 is 10.6 Å². The number of carbonyl (C=O) groups is 1. The van der Waals surface area contributed by atoms with Crippen LogP contribution in [-0.2, 0) is 0 Å². The molecule has 1 atom stereocenters. The number of aromatic amines is 1. The predicted molar refractivity (Wildman–Crippen MR) is 117 cm³/mol. The third kappa shape index (κ3) is 4.92. The fourth-order valence-electron chi connectivity index (χ4n) is 3.94. The number of alkyl halides is 2.